The fourth-order valence-corrected chi connectivity index (χ4v) is 3.17. The average Bonchev–Trinajstić information content (AvgIpc) is 3.32. The lowest BCUT2D eigenvalue weighted by Crippen LogP contribution is -2.28. The zero-order valence-corrected chi connectivity index (χ0v) is 13.5. The number of hydrogen-bond acceptors (Lipinski definition) is 4. The number of carbonyl (C=O) groups is 1. The van der Waals surface area contributed by atoms with Gasteiger partial charge in [0.25, 0.3) is 0 Å². The van der Waals surface area contributed by atoms with Gasteiger partial charge in [-0.1, -0.05) is 42.5 Å². The van der Waals surface area contributed by atoms with Gasteiger partial charge in [0.05, 0.1) is 0 Å². The maximum atomic E-state index is 11.3. The van der Waals surface area contributed by atoms with Gasteiger partial charge in [0.2, 0.25) is 11.8 Å². The van der Waals surface area contributed by atoms with Gasteiger partial charge in [-0.3, -0.25) is 4.90 Å². The summed E-state index contributed by atoms with van der Waals surface area (Å²) in [6.07, 6.45) is 0.566. The Morgan fingerprint density at radius 2 is 1.68 bits per heavy atom. The molecule has 6 nitrogen and oxygen atoms in total. The van der Waals surface area contributed by atoms with Crippen LogP contribution in [0.1, 0.15) is 24.8 Å². The van der Waals surface area contributed by atoms with Crippen molar-refractivity contribution >= 4 is 6.09 Å². The first-order valence-corrected chi connectivity index (χ1v) is 8.21. The smallest absolute Gasteiger partial charge is 0.407 e. The van der Waals surface area contributed by atoms with Gasteiger partial charge in [-0.2, -0.15) is 0 Å². The van der Waals surface area contributed by atoms with Crippen LogP contribution in [-0.4, -0.2) is 32.8 Å². The Labute approximate surface area is 144 Å². The summed E-state index contributed by atoms with van der Waals surface area (Å²) in [5.74, 6) is 0.772. The second-order valence-corrected chi connectivity index (χ2v) is 6.02. The molecule has 2 heterocycles. The molecule has 1 saturated heterocycles. The van der Waals surface area contributed by atoms with Crippen LogP contribution in [0.5, 0.6) is 0 Å². The van der Waals surface area contributed by atoms with E-state index in [-0.39, 0.29) is 6.04 Å². The van der Waals surface area contributed by atoms with Gasteiger partial charge < -0.3 is 9.52 Å². The third-order valence-electron chi connectivity index (χ3n) is 4.46. The summed E-state index contributed by atoms with van der Waals surface area (Å²) < 4.78 is 5.75. The number of benzene rings is 2. The lowest BCUT2D eigenvalue weighted by molar-refractivity contribution is 0.134. The molecule has 0 radical (unpaired) electrons. The molecule has 1 aliphatic rings. The molecule has 1 unspecified atom stereocenters. The van der Waals surface area contributed by atoms with Crippen molar-refractivity contribution in [3.8, 4) is 22.6 Å². The predicted molar refractivity (Wildman–Crippen MR) is 91.9 cm³/mol. The molecule has 1 aliphatic heterocycles. The molecule has 0 aliphatic carbocycles. The minimum absolute atomic E-state index is 0.345. The first kappa shape index (κ1) is 15.4. The number of rotatable bonds is 3. The van der Waals surface area contributed by atoms with E-state index in [4.69, 9.17) is 4.42 Å². The van der Waals surface area contributed by atoms with Crippen molar-refractivity contribution in [1.29, 1.82) is 0 Å². The summed E-state index contributed by atoms with van der Waals surface area (Å²) in [4.78, 5) is 12.6. The van der Waals surface area contributed by atoms with Crippen LogP contribution in [0.4, 0.5) is 4.79 Å². The molecule has 1 N–H and O–H groups in total. The largest absolute Gasteiger partial charge is 0.465 e. The van der Waals surface area contributed by atoms with Crippen LogP contribution >= 0.6 is 0 Å². The third-order valence-corrected chi connectivity index (χ3v) is 4.46. The van der Waals surface area contributed by atoms with Crippen LogP contribution in [0.15, 0.2) is 59.0 Å². The molecule has 0 spiro atoms. The fraction of sp³-hybridized carbons (Fsp3) is 0.211. The summed E-state index contributed by atoms with van der Waals surface area (Å²) in [6, 6.07) is 17.6. The van der Waals surface area contributed by atoms with E-state index in [1.807, 2.05) is 42.5 Å². The van der Waals surface area contributed by atoms with Gasteiger partial charge in [0.1, 0.15) is 6.04 Å². The molecule has 25 heavy (non-hydrogen) atoms. The number of carboxylic acid groups (broad SMARTS) is 1. The van der Waals surface area contributed by atoms with Crippen LogP contribution in [0.3, 0.4) is 0 Å². The molecular weight excluding hydrogens is 318 g/mol. The molecule has 2 aromatic carbocycles. The summed E-state index contributed by atoms with van der Waals surface area (Å²) in [5, 5.41) is 17.4. The minimum atomic E-state index is -0.950. The molecule has 1 aromatic heterocycles. The van der Waals surface area contributed by atoms with E-state index in [0.717, 1.165) is 23.1 Å². The Kier molecular flexibility index (Phi) is 3.93. The van der Waals surface area contributed by atoms with Crippen molar-refractivity contribution in [2.45, 2.75) is 18.9 Å². The molecule has 0 saturated carbocycles. The summed E-state index contributed by atoms with van der Waals surface area (Å²) >= 11 is 0. The van der Waals surface area contributed by atoms with Gasteiger partial charge in [-0.15, -0.1) is 10.2 Å². The number of nitrogens with zero attached hydrogens (tertiary/aromatic N) is 3. The highest BCUT2D eigenvalue weighted by Crippen LogP contribution is 2.32. The van der Waals surface area contributed by atoms with Crippen molar-refractivity contribution in [3.63, 3.8) is 0 Å². The highest BCUT2D eigenvalue weighted by Gasteiger charge is 2.33. The molecule has 4 rings (SSSR count). The molecule has 1 amide bonds. The maximum absolute atomic E-state index is 11.3. The van der Waals surface area contributed by atoms with Crippen LogP contribution in [0, 0.1) is 0 Å². The molecule has 1 fully saturated rings. The molecule has 0 bridgehead atoms. The van der Waals surface area contributed by atoms with E-state index in [1.54, 1.807) is 0 Å². The Morgan fingerprint density at radius 1 is 1.00 bits per heavy atom. The van der Waals surface area contributed by atoms with Crippen LogP contribution in [0.2, 0.25) is 0 Å². The van der Waals surface area contributed by atoms with E-state index < -0.39 is 6.09 Å². The van der Waals surface area contributed by atoms with Gasteiger partial charge in [0, 0.05) is 12.1 Å². The van der Waals surface area contributed by atoms with Gasteiger partial charge in [-0.25, -0.2) is 4.79 Å². The highest BCUT2D eigenvalue weighted by atomic mass is 16.4. The SMILES string of the molecule is O=C(O)N1CCCC1c1nnc(-c2ccc(-c3ccccc3)cc2)o1. The quantitative estimate of drug-likeness (QED) is 0.775. The molecule has 1 atom stereocenters. The zero-order valence-electron chi connectivity index (χ0n) is 13.5. The minimum Gasteiger partial charge on any atom is -0.465 e. The highest BCUT2D eigenvalue weighted by molar-refractivity contribution is 5.67. The second-order valence-electron chi connectivity index (χ2n) is 6.02. The standard InChI is InChI=1S/C19H17N3O3/c23-19(24)22-12-4-7-16(22)18-21-20-17(25-18)15-10-8-14(9-11-15)13-5-2-1-3-6-13/h1-3,5-6,8-11,16H,4,7,12H2,(H,23,24). The van der Waals surface area contributed by atoms with E-state index >= 15 is 0 Å². The Hall–Kier alpha value is -3.15. The molecular formula is C19H17N3O3. The first-order chi connectivity index (χ1) is 12.2. The summed E-state index contributed by atoms with van der Waals surface area (Å²) in [6.45, 7) is 0.503. The molecule has 126 valence electrons. The van der Waals surface area contributed by atoms with Gasteiger partial charge in [0.15, 0.2) is 0 Å². The van der Waals surface area contributed by atoms with Crippen LogP contribution < -0.4 is 0 Å². The van der Waals surface area contributed by atoms with Crippen molar-refractivity contribution in [2.24, 2.45) is 0 Å². The first-order valence-electron chi connectivity index (χ1n) is 8.21. The van der Waals surface area contributed by atoms with Gasteiger partial charge in [-0.05, 0) is 36.1 Å². The topological polar surface area (TPSA) is 79.5 Å². The summed E-state index contributed by atoms with van der Waals surface area (Å²) in [5.41, 5.74) is 3.07. The molecule has 3 aromatic rings. The van der Waals surface area contributed by atoms with Crippen LogP contribution in [0.25, 0.3) is 22.6 Å². The average molecular weight is 335 g/mol. The van der Waals surface area contributed by atoms with E-state index in [2.05, 4.69) is 22.3 Å². The second kappa shape index (κ2) is 6.39. The number of amides is 1. The molecule has 6 heteroatoms. The Morgan fingerprint density at radius 3 is 2.40 bits per heavy atom. The lowest BCUT2D eigenvalue weighted by Gasteiger charge is -2.17. The fourth-order valence-electron chi connectivity index (χ4n) is 3.17. The van der Waals surface area contributed by atoms with Crippen molar-refractivity contribution in [3.05, 3.63) is 60.5 Å². The lowest BCUT2D eigenvalue weighted by atomic mass is 10.0. The van der Waals surface area contributed by atoms with E-state index in [9.17, 15) is 9.90 Å². The monoisotopic (exact) mass is 335 g/mol. The Balaban J connectivity index is 1.57. The van der Waals surface area contributed by atoms with Crippen molar-refractivity contribution < 1.29 is 14.3 Å². The predicted octanol–water partition coefficient (Wildman–Crippen LogP) is 4.22. The third kappa shape index (κ3) is 2.98. The Bertz CT molecular complexity index is 874. The summed E-state index contributed by atoms with van der Waals surface area (Å²) in [7, 11) is 0. The van der Waals surface area contributed by atoms with Crippen molar-refractivity contribution in [1.82, 2.24) is 15.1 Å². The number of aromatic nitrogens is 2. The van der Waals surface area contributed by atoms with Gasteiger partial charge >= 0.3 is 6.09 Å². The maximum Gasteiger partial charge on any atom is 0.407 e. The van der Waals surface area contributed by atoms with E-state index in [1.165, 1.54) is 4.90 Å². The van der Waals surface area contributed by atoms with Crippen molar-refractivity contribution in [2.75, 3.05) is 6.54 Å². The van der Waals surface area contributed by atoms with Crippen LogP contribution in [-0.2, 0) is 0 Å². The number of likely N-dealkylation sites (tertiary alicyclic amines) is 1. The normalized spacial score (nSPS) is 17.0. The zero-order chi connectivity index (χ0) is 17.2. The number of hydrogen-bond donors (Lipinski definition) is 1. The van der Waals surface area contributed by atoms with E-state index in [0.29, 0.717) is 24.7 Å².